The van der Waals surface area contributed by atoms with Gasteiger partial charge in [-0.05, 0) is 19.8 Å². The van der Waals surface area contributed by atoms with Crippen LogP contribution < -0.4 is 5.32 Å². The maximum absolute atomic E-state index is 12.0. The zero-order valence-electron chi connectivity index (χ0n) is 11.2. The van der Waals surface area contributed by atoms with Crippen LogP contribution in [0.5, 0.6) is 0 Å². The zero-order chi connectivity index (χ0) is 14.3. The summed E-state index contributed by atoms with van der Waals surface area (Å²) in [6.07, 6.45) is 1.94. The van der Waals surface area contributed by atoms with Gasteiger partial charge in [-0.15, -0.1) is 0 Å². The van der Waals surface area contributed by atoms with Crippen molar-refractivity contribution in [2.45, 2.75) is 38.3 Å². The van der Waals surface area contributed by atoms with Crippen LogP contribution in [0, 0.1) is 0 Å². The number of amides is 2. The molecule has 1 saturated heterocycles. The number of nitrogens with zero attached hydrogens (tertiary/aromatic N) is 1. The van der Waals surface area contributed by atoms with Gasteiger partial charge in [0.25, 0.3) is 0 Å². The normalized spacial score (nSPS) is 20.0. The van der Waals surface area contributed by atoms with E-state index in [2.05, 4.69) is 5.32 Å². The number of carboxylic acids is 1. The van der Waals surface area contributed by atoms with Gasteiger partial charge in [0, 0.05) is 32.7 Å². The number of aliphatic hydroxyl groups excluding tert-OH is 1. The molecular weight excluding hydrogens is 252 g/mol. The van der Waals surface area contributed by atoms with Crippen LogP contribution in [0.25, 0.3) is 0 Å². The van der Waals surface area contributed by atoms with E-state index in [0.717, 1.165) is 12.8 Å². The minimum Gasteiger partial charge on any atom is -0.480 e. The van der Waals surface area contributed by atoms with E-state index in [1.807, 2.05) is 6.92 Å². The van der Waals surface area contributed by atoms with Crippen molar-refractivity contribution >= 4 is 12.0 Å². The first-order valence-electron chi connectivity index (χ1n) is 6.59. The number of urea groups is 1. The van der Waals surface area contributed by atoms with Crippen molar-refractivity contribution in [2.75, 3.05) is 26.3 Å². The van der Waals surface area contributed by atoms with E-state index in [4.69, 9.17) is 14.9 Å². The van der Waals surface area contributed by atoms with Crippen LogP contribution in [-0.4, -0.2) is 65.6 Å². The third kappa shape index (κ3) is 5.04. The lowest BCUT2D eigenvalue weighted by atomic mass is 10.2. The molecule has 2 amide bonds. The van der Waals surface area contributed by atoms with Crippen LogP contribution >= 0.6 is 0 Å². The lowest BCUT2D eigenvalue weighted by Gasteiger charge is -2.26. The molecule has 0 aromatic rings. The summed E-state index contributed by atoms with van der Waals surface area (Å²) < 4.78 is 5.46. The minimum absolute atomic E-state index is 0.00143. The van der Waals surface area contributed by atoms with Crippen molar-refractivity contribution in [3.05, 3.63) is 0 Å². The fourth-order valence-corrected chi connectivity index (χ4v) is 2.02. The Morgan fingerprint density at radius 2 is 2.26 bits per heavy atom. The Balaban J connectivity index is 2.49. The molecule has 1 rings (SSSR count). The highest BCUT2D eigenvalue weighted by atomic mass is 16.5. The van der Waals surface area contributed by atoms with E-state index in [0.29, 0.717) is 19.7 Å². The Morgan fingerprint density at radius 1 is 1.53 bits per heavy atom. The number of ether oxygens (including phenoxy) is 1. The molecule has 2 unspecified atom stereocenters. The Morgan fingerprint density at radius 3 is 2.74 bits per heavy atom. The van der Waals surface area contributed by atoms with E-state index in [9.17, 15) is 9.59 Å². The molecule has 3 N–H and O–H groups in total. The second-order valence-electron chi connectivity index (χ2n) is 4.53. The lowest BCUT2D eigenvalue weighted by Crippen LogP contribution is -2.50. The number of likely N-dealkylation sites (N-methyl/N-ethyl adjacent to an activating group) is 1. The van der Waals surface area contributed by atoms with Crippen molar-refractivity contribution in [3.63, 3.8) is 0 Å². The fraction of sp³-hybridized carbons (Fsp3) is 0.833. The number of nitrogens with one attached hydrogen (secondary N) is 1. The van der Waals surface area contributed by atoms with Crippen LogP contribution in [0.3, 0.4) is 0 Å². The minimum atomic E-state index is -1.14. The molecule has 0 aromatic carbocycles. The Labute approximate surface area is 112 Å². The first-order valence-corrected chi connectivity index (χ1v) is 6.59. The highest BCUT2D eigenvalue weighted by molar-refractivity contribution is 5.82. The van der Waals surface area contributed by atoms with Crippen molar-refractivity contribution in [3.8, 4) is 0 Å². The van der Waals surface area contributed by atoms with E-state index in [1.165, 1.54) is 4.90 Å². The van der Waals surface area contributed by atoms with Crippen LogP contribution in [0.1, 0.15) is 26.2 Å². The van der Waals surface area contributed by atoms with Gasteiger partial charge in [0.2, 0.25) is 0 Å². The number of aliphatic hydroxyl groups is 1. The summed E-state index contributed by atoms with van der Waals surface area (Å²) in [7, 11) is 0. The van der Waals surface area contributed by atoms with Gasteiger partial charge in [-0.25, -0.2) is 9.59 Å². The topological polar surface area (TPSA) is 99.1 Å². The smallest absolute Gasteiger partial charge is 0.326 e. The molecule has 0 saturated carbocycles. The molecule has 0 spiro atoms. The SMILES string of the molecule is CCN(CC1CCCO1)C(=O)NC(CCO)C(=O)O. The van der Waals surface area contributed by atoms with Gasteiger partial charge in [-0.2, -0.15) is 0 Å². The molecule has 0 radical (unpaired) electrons. The molecule has 1 aliphatic rings. The summed E-state index contributed by atoms with van der Waals surface area (Å²) in [5.41, 5.74) is 0. The number of hydrogen-bond acceptors (Lipinski definition) is 4. The monoisotopic (exact) mass is 274 g/mol. The largest absolute Gasteiger partial charge is 0.480 e. The quantitative estimate of drug-likeness (QED) is 0.608. The van der Waals surface area contributed by atoms with Gasteiger partial charge in [-0.1, -0.05) is 0 Å². The van der Waals surface area contributed by atoms with Gasteiger partial charge in [0.15, 0.2) is 0 Å². The van der Waals surface area contributed by atoms with Gasteiger partial charge in [-0.3, -0.25) is 0 Å². The van der Waals surface area contributed by atoms with Crippen molar-refractivity contribution in [2.24, 2.45) is 0 Å². The zero-order valence-corrected chi connectivity index (χ0v) is 11.2. The number of rotatable bonds is 7. The predicted octanol–water partition coefficient (Wildman–Crippen LogP) is 0.0325. The summed E-state index contributed by atoms with van der Waals surface area (Å²) in [5.74, 6) is -1.14. The predicted molar refractivity (Wildman–Crippen MR) is 67.9 cm³/mol. The molecule has 1 aliphatic heterocycles. The van der Waals surface area contributed by atoms with E-state index in [1.54, 1.807) is 0 Å². The Bertz CT molecular complexity index is 304. The molecule has 0 bridgehead atoms. The second kappa shape index (κ2) is 7.96. The van der Waals surface area contributed by atoms with Crippen LogP contribution in [0.4, 0.5) is 4.79 Å². The molecule has 1 fully saturated rings. The molecular formula is C12H22N2O5. The number of carboxylic acid groups (broad SMARTS) is 1. The van der Waals surface area contributed by atoms with Gasteiger partial charge in [0.05, 0.1) is 6.10 Å². The van der Waals surface area contributed by atoms with Crippen molar-refractivity contribution in [1.29, 1.82) is 0 Å². The molecule has 7 heteroatoms. The molecule has 7 nitrogen and oxygen atoms in total. The number of aliphatic carboxylic acids is 1. The van der Waals surface area contributed by atoms with Crippen molar-refractivity contribution < 1.29 is 24.5 Å². The average molecular weight is 274 g/mol. The van der Waals surface area contributed by atoms with E-state index >= 15 is 0 Å². The molecule has 0 aromatic heterocycles. The van der Waals surface area contributed by atoms with Crippen LogP contribution in [0.15, 0.2) is 0 Å². The Kier molecular flexibility index (Phi) is 6.58. The van der Waals surface area contributed by atoms with E-state index in [-0.39, 0.29) is 19.1 Å². The second-order valence-corrected chi connectivity index (χ2v) is 4.53. The van der Waals surface area contributed by atoms with Gasteiger partial charge < -0.3 is 25.2 Å². The maximum Gasteiger partial charge on any atom is 0.326 e. The first kappa shape index (κ1) is 15.7. The fourth-order valence-electron chi connectivity index (χ4n) is 2.02. The third-order valence-corrected chi connectivity index (χ3v) is 3.13. The number of carbonyl (C=O) groups excluding carboxylic acids is 1. The summed E-state index contributed by atoms with van der Waals surface area (Å²) in [6.45, 7) is 3.21. The summed E-state index contributed by atoms with van der Waals surface area (Å²) in [5, 5.41) is 20.1. The highest BCUT2D eigenvalue weighted by Gasteiger charge is 2.25. The summed E-state index contributed by atoms with van der Waals surface area (Å²) in [6, 6.07) is -1.49. The summed E-state index contributed by atoms with van der Waals surface area (Å²) in [4.78, 5) is 24.4. The molecule has 2 atom stereocenters. The maximum atomic E-state index is 12.0. The van der Waals surface area contributed by atoms with Crippen molar-refractivity contribution in [1.82, 2.24) is 10.2 Å². The van der Waals surface area contributed by atoms with Gasteiger partial charge >= 0.3 is 12.0 Å². The summed E-state index contributed by atoms with van der Waals surface area (Å²) >= 11 is 0. The average Bonchev–Trinajstić information content (AvgIpc) is 2.87. The molecule has 110 valence electrons. The third-order valence-electron chi connectivity index (χ3n) is 3.13. The molecule has 19 heavy (non-hydrogen) atoms. The molecule has 1 heterocycles. The molecule has 0 aliphatic carbocycles. The van der Waals surface area contributed by atoms with E-state index < -0.39 is 18.0 Å². The Hall–Kier alpha value is -1.34. The number of carbonyl (C=O) groups is 2. The highest BCUT2D eigenvalue weighted by Crippen LogP contribution is 2.13. The lowest BCUT2D eigenvalue weighted by molar-refractivity contribution is -0.139. The standard InChI is InChI=1S/C12H22N2O5/c1-2-14(8-9-4-3-7-19-9)12(18)13-10(5-6-15)11(16)17/h9-10,15H,2-8H2,1H3,(H,13,18)(H,16,17). The van der Waals surface area contributed by atoms with Gasteiger partial charge in [0.1, 0.15) is 6.04 Å². The van der Waals surface area contributed by atoms with Crippen LogP contribution in [-0.2, 0) is 9.53 Å². The van der Waals surface area contributed by atoms with Crippen LogP contribution in [0.2, 0.25) is 0 Å². The first-order chi connectivity index (χ1) is 9.08. The number of hydrogen-bond donors (Lipinski definition) is 3.